The van der Waals surface area contributed by atoms with E-state index in [0.717, 1.165) is 33.4 Å². The van der Waals surface area contributed by atoms with Gasteiger partial charge in [-0.15, -0.1) is 0 Å². The summed E-state index contributed by atoms with van der Waals surface area (Å²) in [5.74, 6) is 0.807. The van der Waals surface area contributed by atoms with Crippen molar-refractivity contribution in [3.8, 4) is 0 Å². The average Bonchev–Trinajstić information content (AvgIpc) is 3.00. The molecular formula is C14H13Br2N3O2. The first-order valence-corrected chi connectivity index (χ1v) is 8.07. The highest BCUT2D eigenvalue weighted by molar-refractivity contribution is 9.10. The van der Waals surface area contributed by atoms with Crippen molar-refractivity contribution in [2.45, 2.75) is 13.0 Å². The van der Waals surface area contributed by atoms with Crippen LogP contribution in [0.25, 0.3) is 11.0 Å². The normalized spacial score (nSPS) is 12.9. The maximum atomic E-state index is 11.4. The molecule has 1 unspecified atom stereocenters. The highest BCUT2D eigenvalue weighted by atomic mass is 79.9. The number of halogens is 2. The van der Waals surface area contributed by atoms with Crippen LogP contribution in [0.5, 0.6) is 0 Å². The molecular weight excluding hydrogens is 402 g/mol. The number of nitrogens with one attached hydrogen (secondary N) is 3. The largest absolute Gasteiger partial charge is 0.452 e. The Hall–Kier alpha value is -1.31. The quantitative estimate of drug-likeness (QED) is 0.609. The first-order chi connectivity index (χ1) is 10.1. The molecule has 7 heteroatoms. The van der Waals surface area contributed by atoms with E-state index in [-0.39, 0.29) is 11.7 Å². The van der Waals surface area contributed by atoms with Gasteiger partial charge in [-0.3, -0.25) is 0 Å². The first-order valence-electron chi connectivity index (χ1n) is 6.48. The van der Waals surface area contributed by atoms with Crippen molar-refractivity contribution in [3.05, 3.63) is 55.2 Å². The molecule has 0 spiro atoms. The van der Waals surface area contributed by atoms with E-state index >= 15 is 0 Å². The molecule has 1 aromatic carbocycles. The summed E-state index contributed by atoms with van der Waals surface area (Å²) < 4.78 is 7.27. The van der Waals surface area contributed by atoms with Crippen LogP contribution in [0, 0.1) is 0 Å². The predicted molar refractivity (Wildman–Crippen MR) is 88.5 cm³/mol. The molecule has 0 fully saturated rings. The van der Waals surface area contributed by atoms with Gasteiger partial charge in [-0.1, -0.05) is 22.9 Å². The minimum absolute atomic E-state index is 0.0986. The van der Waals surface area contributed by atoms with Gasteiger partial charge < -0.3 is 19.7 Å². The molecule has 21 heavy (non-hydrogen) atoms. The number of hydrogen-bond acceptors (Lipinski definition) is 3. The molecule has 5 nitrogen and oxygen atoms in total. The second-order valence-corrected chi connectivity index (χ2v) is 6.27. The Morgan fingerprint density at radius 2 is 1.95 bits per heavy atom. The first kappa shape index (κ1) is 14.6. The SMILES string of the molecule is CCNC(c1ccc(Br)o1)c1cc2[nH]c(=O)[nH]c2cc1Br. The zero-order valence-electron chi connectivity index (χ0n) is 11.2. The summed E-state index contributed by atoms with van der Waals surface area (Å²) in [4.78, 5) is 16.9. The maximum absolute atomic E-state index is 11.4. The number of aromatic nitrogens is 2. The predicted octanol–water partition coefficient (Wildman–Crippen LogP) is 3.67. The molecule has 1 atom stereocenters. The van der Waals surface area contributed by atoms with Crippen LogP contribution in [-0.2, 0) is 0 Å². The lowest BCUT2D eigenvalue weighted by molar-refractivity contribution is 0.437. The van der Waals surface area contributed by atoms with Gasteiger partial charge in [0, 0.05) is 4.47 Å². The number of furan rings is 1. The topological polar surface area (TPSA) is 73.8 Å². The lowest BCUT2D eigenvalue weighted by Crippen LogP contribution is -2.21. The smallest absolute Gasteiger partial charge is 0.323 e. The lowest BCUT2D eigenvalue weighted by atomic mass is 10.0. The van der Waals surface area contributed by atoms with Crippen LogP contribution >= 0.6 is 31.9 Å². The zero-order valence-corrected chi connectivity index (χ0v) is 14.3. The Morgan fingerprint density at radius 3 is 2.57 bits per heavy atom. The van der Waals surface area contributed by atoms with Crippen LogP contribution in [0.2, 0.25) is 0 Å². The van der Waals surface area contributed by atoms with Crippen molar-refractivity contribution in [1.82, 2.24) is 15.3 Å². The molecule has 2 aromatic heterocycles. The van der Waals surface area contributed by atoms with Crippen molar-refractivity contribution in [1.29, 1.82) is 0 Å². The highest BCUT2D eigenvalue weighted by Crippen LogP contribution is 2.32. The second-order valence-electron chi connectivity index (χ2n) is 4.63. The maximum Gasteiger partial charge on any atom is 0.323 e. The van der Waals surface area contributed by atoms with E-state index in [1.165, 1.54) is 0 Å². The van der Waals surface area contributed by atoms with Crippen molar-refractivity contribution in [2.75, 3.05) is 6.54 Å². The molecule has 0 radical (unpaired) electrons. The van der Waals surface area contributed by atoms with Crippen LogP contribution in [-0.4, -0.2) is 16.5 Å². The van der Waals surface area contributed by atoms with Crippen LogP contribution in [0.3, 0.4) is 0 Å². The summed E-state index contributed by atoms with van der Waals surface area (Å²) in [6, 6.07) is 7.53. The van der Waals surface area contributed by atoms with Crippen molar-refractivity contribution < 1.29 is 4.42 Å². The van der Waals surface area contributed by atoms with E-state index in [1.807, 2.05) is 31.2 Å². The van der Waals surface area contributed by atoms with Crippen molar-refractivity contribution >= 4 is 42.9 Å². The molecule has 0 amide bonds. The number of imidazole rings is 1. The molecule has 0 saturated heterocycles. The lowest BCUT2D eigenvalue weighted by Gasteiger charge is -2.17. The second kappa shape index (κ2) is 5.82. The molecule has 0 aliphatic carbocycles. The van der Waals surface area contributed by atoms with Crippen LogP contribution < -0.4 is 11.0 Å². The molecule has 3 aromatic rings. The standard InChI is InChI=1S/C14H13Br2N3O2/c1-2-17-13(11-3-4-12(16)21-11)7-5-9-10(6-8(7)15)19-14(20)18-9/h3-6,13,17H,2H2,1H3,(H2,18,19,20). The Morgan fingerprint density at radius 1 is 1.24 bits per heavy atom. The molecule has 2 heterocycles. The van der Waals surface area contributed by atoms with Gasteiger partial charge in [0.1, 0.15) is 5.76 Å². The Labute approximate surface area is 137 Å². The summed E-state index contributed by atoms with van der Waals surface area (Å²) >= 11 is 6.90. The summed E-state index contributed by atoms with van der Waals surface area (Å²) in [6.07, 6.45) is 0. The fraction of sp³-hybridized carbons (Fsp3) is 0.214. The Bertz CT molecular complexity index is 834. The molecule has 0 bridgehead atoms. The molecule has 3 N–H and O–H groups in total. The number of rotatable bonds is 4. The summed E-state index contributed by atoms with van der Waals surface area (Å²) in [7, 11) is 0. The molecule has 3 rings (SSSR count). The number of H-pyrrole nitrogens is 2. The fourth-order valence-electron chi connectivity index (χ4n) is 2.35. The van der Waals surface area contributed by atoms with E-state index in [0.29, 0.717) is 4.67 Å². The van der Waals surface area contributed by atoms with Crippen LogP contribution in [0.15, 0.2) is 42.6 Å². The fourth-order valence-corrected chi connectivity index (χ4v) is 3.24. The molecule has 0 aliphatic rings. The van der Waals surface area contributed by atoms with Crippen molar-refractivity contribution in [3.63, 3.8) is 0 Å². The van der Waals surface area contributed by atoms with Gasteiger partial charge in [-0.05, 0) is 52.3 Å². The van der Waals surface area contributed by atoms with Gasteiger partial charge >= 0.3 is 5.69 Å². The number of benzene rings is 1. The highest BCUT2D eigenvalue weighted by Gasteiger charge is 2.20. The van der Waals surface area contributed by atoms with E-state index in [2.05, 4.69) is 47.1 Å². The third kappa shape index (κ3) is 2.86. The minimum Gasteiger partial charge on any atom is -0.452 e. The van der Waals surface area contributed by atoms with Crippen LogP contribution in [0.1, 0.15) is 24.3 Å². The molecule has 0 saturated carbocycles. The monoisotopic (exact) mass is 413 g/mol. The number of hydrogen-bond donors (Lipinski definition) is 3. The number of aromatic amines is 2. The van der Waals surface area contributed by atoms with Gasteiger partial charge in [0.15, 0.2) is 4.67 Å². The van der Waals surface area contributed by atoms with Crippen LogP contribution in [0.4, 0.5) is 0 Å². The number of fused-ring (bicyclic) bond motifs is 1. The Balaban J connectivity index is 2.14. The average molecular weight is 415 g/mol. The Kier molecular flexibility index (Phi) is 4.05. The van der Waals surface area contributed by atoms with E-state index in [1.54, 1.807) is 0 Å². The third-order valence-electron chi connectivity index (χ3n) is 3.23. The van der Waals surface area contributed by atoms with Gasteiger partial charge in [-0.2, -0.15) is 0 Å². The van der Waals surface area contributed by atoms with E-state index in [9.17, 15) is 4.79 Å². The summed E-state index contributed by atoms with van der Waals surface area (Å²) in [5.41, 5.74) is 2.33. The third-order valence-corrected chi connectivity index (χ3v) is 4.34. The van der Waals surface area contributed by atoms with Crippen molar-refractivity contribution in [2.24, 2.45) is 0 Å². The molecule has 0 aliphatic heterocycles. The van der Waals surface area contributed by atoms with Gasteiger partial charge in [0.25, 0.3) is 0 Å². The van der Waals surface area contributed by atoms with E-state index < -0.39 is 0 Å². The summed E-state index contributed by atoms with van der Waals surface area (Å²) in [6.45, 7) is 2.83. The van der Waals surface area contributed by atoms with E-state index in [4.69, 9.17) is 4.42 Å². The molecule has 110 valence electrons. The van der Waals surface area contributed by atoms with Gasteiger partial charge in [0.2, 0.25) is 0 Å². The zero-order chi connectivity index (χ0) is 15.0. The summed E-state index contributed by atoms with van der Waals surface area (Å²) in [5, 5.41) is 3.39. The van der Waals surface area contributed by atoms with Gasteiger partial charge in [-0.25, -0.2) is 4.79 Å². The van der Waals surface area contributed by atoms with Gasteiger partial charge in [0.05, 0.1) is 17.1 Å². The minimum atomic E-state index is -0.213.